The Hall–Kier alpha value is -4.06. The average molecular weight is 575 g/mol. The third-order valence-corrected chi connectivity index (χ3v) is 7.74. The van der Waals surface area contributed by atoms with Gasteiger partial charge < -0.3 is 20.4 Å². The molecule has 1 amide bonds. The molecule has 5 heterocycles. The standard InChI is InChI=1S/C28H27ClN8O2S/c29-22-13-32-28-26(25(22)33-20-5-10-37(11-6-20)15-18-7-12-40-17-18)35-27(36-28)19-1-3-21(4-2-19)39-16-24(38)34-23-14-30-8-9-31-23/h1-4,7-9,12-14,17,20H,5-6,10-11,15-16H2,(H,31,34,38)(H2,32,33,35,36). The molecule has 6 rings (SSSR count). The monoisotopic (exact) mass is 574 g/mol. The second-order valence-electron chi connectivity index (χ2n) is 9.54. The fourth-order valence-corrected chi connectivity index (χ4v) is 5.55. The lowest BCUT2D eigenvalue weighted by Crippen LogP contribution is -2.38. The number of nitrogens with one attached hydrogen (secondary N) is 3. The van der Waals surface area contributed by atoms with Gasteiger partial charge in [0.15, 0.2) is 18.1 Å². The summed E-state index contributed by atoms with van der Waals surface area (Å²) in [7, 11) is 0. The summed E-state index contributed by atoms with van der Waals surface area (Å²) in [5.41, 5.74) is 4.44. The van der Waals surface area contributed by atoms with E-state index < -0.39 is 0 Å². The molecule has 0 aliphatic carbocycles. The smallest absolute Gasteiger partial charge is 0.263 e. The van der Waals surface area contributed by atoms with Gasteiger partial charge in [0.25, 0.3) is 5.91 Å². The van der Waals surface area contributed by atoms with Crippen LogP contribution in [0.25, 0.3) is 22.6 Å². The van der Waals surface area contributed by atoms with Gasteiger partial charge in [-0.15, -0.1) is 0 Å². The molecule has 40 heavy (non-hydrogen) atoms. The summed E-state index contributed by atoms with van der Waals surface area (Å²) in [5.74, 6) is 1.28. The fourth-order valence-electron chi connectivity index (χ4n) is 4.69. The summed E-state index contributed by atoms with van der Waals surface area (Å²) in [4.78, 5) is 35.1. The Bertz CT molecular complexity index is 1570. The Kier molecular flexibility index (Phi) is 7.85. The molecule has 0 radical (unpaired) electrons. The first-order valence-electron chi connectivity index (χ1n) is 12.9. The largest absolute Gasteiger partial charge is 0.484 e. The van der Waals surface area contributed by atoms with E-state index in [-0.39, 0.29) is 12.5 Å². The van der Waals surface area contributed by atoms with Crippen molar-refractivity contribution >= 4 is 51.5 Å². The topological polar surface area (TPSA) is 121 Å². The second kappa shape index (κ2) is 12.0. The van der Waals surface area contributed by atoms with Gasteiger partial charge in [-0.3, -0.25) is 14.7 Å². The molecule has 1 saturated heterocycles. The number of imidazole rings is 1. The van der Waals surface area contributed by atoms with Crippen LogP contribution in [0.3, 0.4) is 0 Å². The first-order chi connectivity index (χ1) is 19.6. The van der Waals surface area contributed by atoms with E-state index in [0.717, 1.165) is 49.2 Å². The highest BCUT2D eigenvalue weighted by molar-refractivity contribution is 7.07. The zero-order valence-corrected chi connectivity index (χ0v) is 23.1. The molecule has 0 atom stereocenters. The van der Waals surface area contributed by atoms with E-state index in [9.17, 15) is 4.79 Å². The van der Waals surface area contributed by atoms with Crippen LogP contribution in [0.1, 0.15) is 18.4 Å². The summed E-state index contributed by atoms with van der Waals surface area (Å²) in [6, 6.07) is 9.86. The number of piperidine rings is 1. The lowest BCUT2D eigenvalue weighted by Gasteiger charge is -2.32. The number of H-pyrrole nitrogens is 1. The number of pyridine rings is 1. The third-order valence-electron chi connectivity index (χ3n) is 6.72. The maximum absolute atomic E-state index is 12.1. The van der Waals surface area contributed by atoms with Crippen LogP contribution >= 0.6 is 22.9 Å². The van der Waals surface area contributed by atoms with Gasteiger partial charge in [0.05, 0.1) is 23.1 Å². The minimum atomic E-state index is -0.321. The normalized spacial score (nSPS) is 14.3. The van der Waals surface area contributed by atoms with E-state index in [0.29, 0.717) is 34.1 Å². The van der Waals surface area contributed by atoms with E-state index in [2.05, 4.69) is 52.3 Å². The SMILES string of the molecule is O=C(COc1ccc(-c2nc3ncc(Cl)c(NC4CCN(Cc5ccsc5)CC4)c3[nH]2)cc1)Nc1cnccn1. The van der Waals surface area contributed by atoms with Crippen LogP contribution < -0.4 is 15.4 Å². The molecule has 1 aliphatic heterocycles. The van der Waals surface area contributed by atoms with Gasteiger partial charge in [-0.2, -0.15) is 11.3 Å². The van der Waals surface area contributed by atoms with E-state index >= 15 is 0 Å². The molecule has 0 spiro atoms. The molecule has 10 nitrogen and oxygen atoms in total. The van der Waals surface area contributed by atoms with Gasteiger partial charge >= 0.3 is 0 Å². The van der Waals surface area contributed by atoms with Crippen molar-refractivity contribution in [3.05, 3.63) is 76.5 Å². The Morgan fingerprint density at radius 2 is 1.98 bits per heavy atom. The predicted octanol–water partition coefficient (Wildman–Crippen LogP) is 5.22. The fraction of sp³-hybridized carbons (Fsp3) is 0.250. The number of ether oxygens (including phenoxy) is 1. The number of hydrogen-bond acceptors (Lipinski definition) is 9. The lowest BCUT2D eigenvalue weighted by molar-refractivity contribution is -0.118. The van der Waals surface area contributed by atoms with Crippen molar-refractivity contribution in [3.8, 4) is 17.1 Å². The number of rotatable bonds is 9. The predicted molar refractivity (Wildman–Crippen MR) is 157 cm³/mol. The Morgan fingerprint density at radius 3 is 2.73 bits per heavy atom. The number of thiophene rings is 1. The van der Waals surface area contributed by atoms with Crippen LogP contribution in [0.15, 0.2) is 65.9 Å². The number of likely N-dealkylation sites (tertiary alicyclic amines) is 1. The third kappa shape index (κ3) is 6.22. The summed E-state index contributed by atoms with van der Waals surface area (Å²) in [6.45, 7) is 2.92. The summed E-state index contributed by atoms with van der Waals surface area (Å²) >= 11 is 8.34. The first kappa shape index (κ1) is 26.2. The van der Waals surface area contributed by atoms with Crippen LogP contribution in [0, 0.1) is 0 Å². The maximum atomic E-state index is 12.1. The van der Waals surface area contributed by atoms with E-state index in [1.165, 1.54) is 24.2 Å². The Morgan fingerprint density at radius 1 is 1.12 bits per heavy atom. The number of aromatic amines is 1. The second-order valence-corrected chi connectivity index (χ2v) is 10.7. The van der Waals surface area contributed by atoms with Crippen LogP contribution in [-0.4, -0.2) is 61.5 Å². The molecule has 1 fully saturated rings. The molecule has 1 aromatic carbocycles. The molecule has 12 heteroatoms. The van der Waals surface area contributed by atoms with Crippen LogP contribution in [-0.2, 0) is 11.3 Å². The molecular formula is C28H27ClN8O2S. The Balaban J connectivity index is 1.09. The van der Waals surface area contributed by atoms with E-state index in [1.807, 2.05) is 12.1 Å². The molecule has 1 aliphatic rings. The highest BCUT2D eigenvalue weighted by Gasteiger charge is 2.22. The number of benzene rings is 1. The maximum Gasteiger partial charge on any atom is 0.263 e. The molecular weight excluding hydrogens is 548 g/mol. The quantitative estimate of drug-likeness (QED) is 0.219. The minimum absolute atomic E-state index is 0.148. The van der Waals surface area contributed by atoms with Crippen molar-refractivity contribution in [1.82, 2.24) is 29.8 Å². The average Bonchev–Trinajstić information content (AvgIpc) is 3.66. The first-order valence-corrected chi connectivity index (χ1v) is 14.3. The number of nitrogens with zero attached hydrogens (tertiary/aromatic N) is 5. The molecule has 0 saturated carbocycles. The molecule has 0 bridgehead atoms. The number of fused-ring (bicyclic) bond motifs is 1. The number of anilines is 2. The van der Waals surface area contributed by atoms with Gasteiger partial charge in [-0.1, -0.05) is 11.6 Å². The molecule has 5 aromatic rings. The zero-order chi connectivity index (χ0) is 27.3. The lowest BCUT2D eigenvalue weighted by atomic mass is 10.0. The van der Waals surface area contributed by atoms with Gasteiger partial charge in [-0.25, -0.2) is 15.0 Å². The molecule has 4 aromatic heterocycles. The molecule has 204 valence electrons. The van der Waals surface area contributed by atoms with Crippen molar-refractivity contribution in [1.29, 1.82) is 0 Å². The van der Waals surface area contributed by atoms with Crippen LogP contribution in [0.2, 0.25) is 5.02 Å². The Labute approximate surface area is 239 Å². The molecule has 3 N–H and O–H groups in total. The number of hydrogen-bond donors (Lipinski definition) is 3. The minimum Gasteiger partial charge on any atom is -0.484 e. The highest BCUT2D eigenvalue weighted by Crippen LogP contribution is 2.32. The van der Waals surface area contributed by atoms with Gasteiger partial charge in [0.2, 0.25) is 0 Å². The number of halogens is 1. The van der Waals surface area contributed by atoms with Crippen molar-refractivity contribution in [3.63, 3.8) is 0 Å². The number of amides is 1. The van der Waals surface area contributed by atoms with E-state index in [1.54, 1.807) is 29.7 Å². The van der Waals surface area contributed by atoms with Crippen molar-refractivity contribution in [2.24, 2.45) is 0 Å². The summed E-state index contributed by atoms with van der Waals surface area (Å²) in [6.07, 6.45) is 8.22. The zero-order valence-electron chi connectivity index (χ0n) is 21.5. The van der Waals surface area contributed by atoms with Gasteiger partial charge in [0.1, 0.15) is 17.1 Å². The van der Waals surface area contributed by atoms with Gasteiger partial charge in [-0.05, 0) is 59.5 Å². The van der Waals surface area contributed by atoms with Crippen molar-refractivity contribution in [2.75, 3.05) is 30.3 Å². The summed E-state index contributed by atoms with van der Waals surface area (Å²) < 4.78 is 5.61. The number of carbonyl (C=O) groups excluding carboxylic acids is 1. The van der Waals surface area contributed by atoms with Crippen LogP contribution in [0.4, 0.5) is 11.5 Å². The van der Waals surface area contributed by atoms with Crippen molar-refractivity contribution in [2.45, 2.75) is 25.4 Å². The van der Waals surface area contributed by atoms with E-state index in [4.69, 9.17) is 21.3 Å². The molecule has 0 unspecified atom stereocenters. The van der Waals surface area contributed by atoms with Crippen molar-refractivity contribution < 1.29 is 9.53 Å². The van der Waals surface area contributed by atoms with Crippen LogP contribution in [0.5, 0.6) is 5.75 Å². The summed E-state index contributed by atoms with van der Waals surface area (Å²) in [5, 5.41) is 11.2. The number of carbonyl (C=O) groups is 1. The number of aromatic nitrogens is 5. The highest BCUT2D eigenvalue weighted by atomic mass is 35.5. The van der Waals surface area contributed by atoms with Gasteiger partial charge in [0, 0.05) is 43.6 Å².